The smallest absolute Gasteiger partial charge is 0.387 e. The van der Waals surface area contributed by atoms with Gasteiger partial charge in [0.2, 0.25) is 5.91 Å². The van der Waals surface area contributed by atoms with Crippen LogP contribution in [0.15, 0.2) is 41.5 Å². The second-order valence-corrected chi connectivity index (χ2v) is 8.62. The summed E-state index contributed by atoms with van der Waals surface area (Å²) in [5, 5.41) is 27.1. The molecule has 1 aliphatic rings. The molecule has 16 heteroatoms. The lowest BCUT2D eigenvalue weighted by molar-refractivity contribution is -0.137. The van der Waals surface area contributed by atoms with E-state index in [2.05, 4.69) is 41.2 Å². The molecule has 2 atom stereocenters. The van der Waals surface area contributed by atoms with Gasteiger partial charge in [-0.3, -0.25) is 19.5 Å². The van der Waals surface area contributed by atoms with Crippen LogP contribution in [0.4, 0.5) is 23.2 Å². The van der Waals surface area contributed by atoms with Gasteiger partial charge in [0.05, 0.1) is 49.5 Å². The number of aromatic amines is 1. The van der Waals surface area contributed by atoms with Gasteiger partial charge in [-0.15, -0.1) is 0 Å². The van der Waals surface area contributed by atoms with Gasteiger partial charge in [0, 0.05) is 10.9 Å². The average Bonchev–Trinajstić information content (AvgIpc) is 3.38. The van der Waals surface area contributed by atoms with Gasteiger partial charge in [0.15, 0.2) is 17.5 Å². The van der Waals surface area contributed by atoms with E-state index in [0.717, 1.165) is 18.2 Å². The fourth-order valence-electron chi connectivity index (χ4n) is 3.87. The Morgan fingerprint density at radius 3 is 2.70 bits per heavy atom. The molecule has 6 N–H and O–H groups in total. The maximum Gasteiger partial charge on any atom is 0.387 e. The summed E-state index contributed by atoms with van der Waals surface area (Å²) >= 11 is 0. The van der Waals surface area contributed by atoms with Crippen LogP contribution in [0.2, 0.25) is 0 Å². The zero-order chi connectivity index (χ0) is 28.8. The Morgan fingerprint density at radius 2 is 2.00 bits per heavy atom. The number of fused-ring (bicyclic) bond motifs is 1. The minimum absolute atomic E-state index is 0.00198. The molecule has 0 fully saturated rings. The van der Waals surface area contributed by atoms with Crippen LogP contribution in [-0.4, -0.2) is 71.5 Å². The minimum Gasteiger partial charge on any atom is -0.481 e. The van der Waals surface area contributed by atoms with Crippen LogP contribution in [0.5, 0.6) is 5.75 Å². The number of hydrogen-bond donors (Lipinski definition) is 6. The number of anilines is 1. The van der Waals surface area contributed by atoms with E-state index in [-0.39, 0.29) is 24.2 Å². The molecule has 0 saturated carbocycles. The number of hydrogen-bond acceptors (Lipinski definition) is 8. The molecular weight excluding hydrogens is 542 g/mol. The third kappa shape index (κ3) is 7.15. The molecule has 1 aliphatic heterocycles. The fourth-order valence-corrected chi connectivity index (χ4v) is 3.87. The third-order valence-electron chi connectivity index (χ3n) is 5.71. The number of alkyl halides is 3. The van der Waals surface area contributed by atoms with E-state index in [0.29, 0.717) is 22.5 Å². The van der Waals surface area contributed by atoms with E-state index in [1.165, 1.54) is 18.3 Å². The van der Waals surface area contributed by atoms with E-state index in [4.69, 9.17) is 0 Å². The molecule has 0 aliphatic carbocycles. The SMILES string of the molecule is O=C(O)CC(NC(=O)CNC(=O)c1cc(NC2=NCC(F)CN2)c2cn[nH]c2c1)c1ccc(F)c(OC(F)F)c1. The van der Waals surface area contributed by atoms with Crippen molar-refractivity contribution in [3.05, 3.63) is 53.5 Å². The highest BCUT2D eigenvalue weighted by Gasteiger charge is 2.22. The first-order valence-electron chi connectivity index (χ1n) is 11.8. The molecule has 0 radical (unpaired) electrons. The van der Waals surface area contributed by atoms with Gasteiger partial charge in [-0.25, -0.2) is 13.8 Å². The van der Waals surface area contributed by atoms with Crippen LogP contribution in [0.3, 0.4) is 0 Å². The number of H-pyrrole nitrogens is 1. The van der Waals surface area contributed by atoms with Gasteiger partial charge in [-0.2, -0.15) is 13.9 Å². The van der Waals surface area contributed by atoms with E-state index in [1.54, 1.807) is 0 Å². The second-order valence-electron chi connectivity index (χ2n) is 8.62. The lowest BCUT2D eigenvalue weighted by atomic mass is 10.0. The molecular formula is C24H23F4N7O5. The summed E-state index contributed by atoms with van der Waals surface area (Å²) in [5.41, 5.74) is 1.04. The van der Waals surface area contributed by atoms with Crippen LogP contribution in [-0.2, 0) is 9.59 Å². The number of aromatic nitrogens is 2. The van der Waals surface area contributed by atoms with Crippen molar-refractivity contribution < 1.29 is 41.8 Å². The zero-order valence-electron chi connectivity index (χ0n) is 20.5. The number of aliphatic imine (C=N–C) groups is 1. The second kappa shape index (κ2) is 12.3. The highest BCUT2D eigenvalue weighted by Crippen LogP contribution is 2.27. The van der Waals surface area contributed by atoms with Gasteiger partial charge in [0.1, 0.15) is 6.17 Å². The van der Waals surface area contributed by atoms with Crippen molar-refractivity contribution in [3.8, 4) is 5.75 Å². The maximum atomic E-state index is 13.8. The predicted octanol–water partition coefficient (Wildman–Crippen LogP) is 2.07. The molecule has 0 saturated heterocycles. The monoisotopic (exact) mass is 565 g/mol. The van der Waals surface area contributed by atoms with Crippen molar-refractivity contribution in [2.24, 2.45) is 4.99 Å². The van der Waals surface area contributed by atoms with Gasteiger partial charge < -0.3 is 31.1 Å². The number of halogens is 4. The molecule has 2 aromatic carbocycles. The number of carboxylic acid groups (broad SMARTS) is 1. The van der Waals surface area contributed by atoms with Crippen molar-refractivity contribution in [2.45, 2.75) is 25.2 Å². The molecule has 2 amide bonds. The topological polar surface area (TPSA) is 170 Å². The highest BCUT2D eigenvalue weighted by atomic mass is 19.3. The van der Waals surface area contributed by atoms with E-state index in [9.17, 15) is 37.1 Å². The van der Waals surface area contributed by atoms with Gasteiger partial charge >= 0.3 is 12.6 Å². The summed E-state index contributed by atoms with van der Waals surface area (Å²) in [6.07, 6.45) is -0.260. The van der Waals surface area contributed by atoms with E-state index >= 15 is 0 Å². The summed E-state index contributed by atoms with van der Waals surface area (Å²) in [6, 6.07) is 4.51. The first-order valence-corrected chi connectivity index (χ1v) is 11.8. The summed E-state index contributed by atoms with van der Waals surface area (Å²) < 4.78 is 56.4. The number of aliphatic carboxylic acids is 1. The molecule has 12 nitrogen and oxygen atoms in total. The lowest BCUT2D eigenvalue weighted by Crippen LogP contribution is -2.41. The van der Waals surface area contributed by atoms with Crippen molar-refractivity contribution in [1.29, 1.82) is 0 Å². The molecule has 2 unspecified atom stereocenters. The van der Waals surface area contributed by atoms with Gasteiger partial charge in [-0.1, -0.05) is 6.07 Å². The molecule has 1 aromatic heterocycles. The number of ether oxygens (including phenoxy) is 1. The van der Waals surface area contributed by atoms with E-state index < -0.39 is 61.1 Å². The van der Waals surface area contributed by atoms with Crippen LogP contribution in [0.25, 0.3) is 10.9 Å². The van der Waals surface area contributed by atoms with Crippen molar-refractivity contribution in [2.75, 3.05) is 25.0 Å². The van der Waals surface area contributed by atoms with Crippen LogP contribution in [0, 0.1) is 5.82 Å². The van der Waals surface area contributed by atoms with Gasteiger partial charge in [-0.05, 0) is 29.8 Å². The van der Waals surface area contributed by atoms with Crippen LogP contribution in [0.1, 0.15) is 28.4 Å². The van der Waals surface area contributed by atoms with Crippen molar-refractivity contribution >= 4 is 40.3 Å². The number of carbonyl (C=O) groups is 3. The number of nitrogens with one attached hydrogen (secondary N) is 5. The molecule has 2 heterocycles. The number of guanidine groups is 1. The summed E-state index contributed by atoms with van der Waals surface area (Å²) in [4.78, 5) is 40.8. The fraction of sp³-hybridized carbons (Fsp3) is 0.292. The largest absolute Gasteiger partial charge is 0.481 e. The highest BCUT2D eigenvalue weighted by molar-refractivity contribution is 6.07. The molecule has 0 spiro atoms. The normalized spacial score (nSPS) is 15.6. The average molecular weight is 565 g/mol. The van der Waals surface area contributed by atoms with Crippen molar-refractivity contribution in [3.63, 3.8) is 0 Å². The standard InChI is InChI=1S/C24H23F4N7O5/c25-13-7-30-24(31-8-13)34-17-3-12(4-18-14(17)9-32-35-18)22(39)29-10-20(36)33-16(6-21(37)38)11-1-2-15(26)19(5-11)40-23(27)28/h1-5,9,13,16,23H,6-8,10H2,(H,29,39)(H,32,35)(H,33,36)(H,37,38)(H2,30,31,34). The third-order valence-corrected chi connectivity index (χ3v) is 5.71. The lowest BCUT2D eigenvalue weighted by Gasteiger charge is -2.19. The summed E-state index contributed by atoms with van der Waals surface area (Å²) in [6.45, 7) is -3.86. The molecule has 40 heavy (non-hydrogen) atoms. The van der Waals surface area contributed by atoms with E-state index in [1.807, 2.05) is 0 Å². The number of rotatable bonds is 10. The molecule has 0 bridgehead atoms. The Kier molecular flexibility index (Phi) is 8.66. The first kappa shape index (κ1) is 28.1. The van der Waals surface area contributed by atoms with Gasteiger partial charge in [0.25, 0.3) is 5.91 Å². The Bertz CT molecular complexity index is 1450. The number of benzene rings is 2. The Balaban J connectivity index is 1.44. The van der Waals surface area contributed by atoms with Crippen molar-refractivity contribution in [1.82, 2.24) is 26.1 Å². The zero-order valence-corrected chi connectivity index (χ0v) is 20.5. The molecule has 212 valence electrons. The molecule has 3 aromatic rings. The quantitative estimate of drug-likeness (QED) is 0.203. The number of nitrogens with zero attached hydrogens (tertiary/aromatic N) is 2. The number of carbonyl (C=O) groups excluding carboxylic acids is 2. The Labute approximate surface area is 223 Å². The summed E-state index contributed by atoms with van der Waals surface area (Å²) in [7, 11) is 0. The van der Waals surface area contributed by atoms with Crippen LogP contribution < -0.4 is 26.0 Å². The number of carboxylic acids is 1. The minimum atomic E-state index is -3.32. The maximum absolute atomic E-state index is 13.8. The Morgan fingerprint density at radius 1 is 1.20 bits per heavy atom. The Hall–Kier alpha value is -4.89. The predicted molar refractivity (Wildman–Crippen MR) is 133 cm³/mol. The molecule has 4 rings (SSSR count). The first-order chi connectivity index (χ1) is 19.1. The number of amides is 2. The van der Waals surface area contributed by atoms with Crippen LogP contribution >= 0.6 is 0 Å². The summed E-state index contributed by atoms with van der Waals surface area (Å²) in [5.74, 6) is -4.41.